The van der Waals surface area contributed by atoms with Crippen LogP contribution in [0.5, 0.6) is 5.75 Å². The molecule has 0 aliphatic rings. The Hall–Kier alpha value is -1.97. The summed E-state index contributed by atoms with van der Waals surface area (Å²) in [5.41, 5.74) is 1.25. The SMILES string of the molecule is CCNC(=NCc1cccc(OC(F)F)c1)NCc1ccccc1F.I. The normalized spacial score (nSPS) is 11.0. The standard InChI is InChI=1S/C18H20F3N3O.HI/c1-2-22-18(24-12-14-7-3-4-9-16(14)19)23-11-13-6-5-8-15(10-13)25-17(20)21;/h3-10,17H,2,11-12H2,1H3,(H2,22,23,24);1H. The second-order valence-corrected chi connectivity index (χ2v) is 5.17. The van der Waals surface area contributed by atoms with Gasteiger partial charge in [-0.15, -0.1) is 24.0 Å². The Bertz CT molecular complexity index is 714. The molecular weight excluding hydrogens is 458 g/mol. The van der Waals surface area contributed by atoms with Crippen molar-refractivity contribution < 1.29 is 17.9 Å². The van der Waals surface area contributed by atoms with Crippen molar-refractivity contribution in [2.45, 2.75) is 26.6 Å². The lowest BCUT2D eigenvalue weighted by atomic mass is 10.2. The van der Waals surface area contributed by atoms with Crippen LogP contribution >= 0.6 is 24.0 Å². The molecule has 4 nitrogen and oxygen atoms in total. The van der Waals surface area contributed by atoms with E-state index in [0.717, 1.165) is 5.56 Å². The van der Waals surface area contributed by atoms with Crippen molar-refractivity contribution >= 4 is 29.9 Å². The highest BCUT2D eigenvalue weighted by Crippen LogP contribution is 2.16. The molecule has 0 atom stereocenters. The minimum absolute atomic E-state index is 0. The maximum atomic E-state index is 13.6. The molecule has 0 radical (unpaired) electrons. The van der Waals surface area contributed by atoms with E-state index in [1.165, 1.54) is 18.2 Å². The predicted octanol–water partition coefficient (Wildman–Crippen LogP) is 4.30. The number of hydrogen-bond donors (Lipinski definition) is 2. The van der Waals surface area contributed by atoms with Crippen LogP contribution in [0.2, 0.25) is 0 Å². The summed E-state index contributed by atoms with van der Waals surface area (Å²) >= 11 is 0. The number of rotatable bonds is 7. The minimum Gasteiger partial charge on any atom is -0.435 e. The Morgan fingerprint density at radius 3 is 2.58 bits per heavy atom. The first kappa shape index (κ1) is 22.1. The molecule has 26 heavy (non-hydrogen) atoms. The second kappa shape index (κ2) is 11.6. The molecule has 0 saturated heterocycles. The highest BCUT2D eigenvalue weighted by molar-refractivity contribution is 14.0. The maximum absolute atomic E-state index is 13.6. The summed E-state index contributed by atoms with van der Waals surface area (Å²) < 4.78 is 42.5. The van der Waals surface area contributed by atoms with Gasteiger partial charge in [0.2, 0.25) is 0 Å². The molecule has 2 rings (SSSR count). The van der Waals surface area contributed by atoms with Crippen molar-refractivity contribution in [1.82, 2.24) is 10.6 Å². The molecule has 0 bridgehead atoms. The van der Waals surface area contributed by atoms with Crippen molar-refractivity contribution in [3.05, 3.63) is 65.5 Å². The van der Waals surface area contributed by atoms with E-state index in [4.69, 9.17) is 0 Å². The van der Waals surface area contributed by atoms with E-state index in [-0.39, 0.29) is 48.6 Å². The Morgan fingerprint density at radius 1 is 1.12 bits per heavy atom. The highest BCUT2D eigenvalue weighted by Gasteiger charge is 2.05. The zero-order valence-electron chi connectivity index (χ0n) is 14.2. The van der Waals surface area contributed by atoms with E-state index in [0.29, 0.717) is 18.1 Å². The molecule has 0 spiro atoms. The van der Waals surface area contributed by atoms with Gasteiger partial charge in [-0.25, -0.2) is 9.38 Å². The highest BCUT2D eigenvalue weighted by atomic mass is 127. The largest absolute Gasteiger partial charge is 0.435 e. The van der Waals surface area contributed by atoms with Crippen molar-refractivity contribution in [3.63, 3.8) is 0 Å². The molecule has 0 saturated carbocycles. The van der Waals surface area contributed by atoms with Crippen molar-refractivity contribution in [1.29, 1.82) is 0 Å². The quantitative estimate of drug-likeness (QED) is 0.354. The zero-order chi connectivity index (χ0) is 18.1. The summed E-state index contributed by atoms with van der Waals surface area (Å²) in [7, 11) is 0. The van der Waals surface area contributed by atoms with E-state index in [1.807, 2.05) is 6.92 Å². The van der Waals surface area contributed by atoms with Gasteiger partial charge in [0.05, 0.1) is 6.54 Å². The molecular formula is C18H21F3IN3O. The van der Waals surface area contributed by atoms with E-state index in [1.54, 1.807) is 30.3 Å². The molecule has 0 aliphatic carbocycles. The first-order valence-electron chi connectivity index (χ1n) is 7.88. The van der Waals surface area contributed by atoms with Crippen LogP contribution in [0.1, 0.15) is 18.1 Å². The summed E-state index contributed by atoms with van der Waals surface area (Å²) in [6.45, 7) is 0.244. The Morgan fingerprint density at radius 2 is 1.88 bits per heavy atom. The zero-order valence-corrected chi connectivity index (χ0v) is 16.5. The van der Waals surface area contributed by atoms with Gasteiger partial charge in [-0.1, -0.05) is 30.3 Å². The van der Waals surface area contributed by atoms with Gasteiger partial charge in [-0.2, -0.15) is 8.78 Å². The van der Waals surface area contributed by atoms with Gasteiger partial charge in [-0.3, -0.25) is 0 Å². The molecule has 0 heterocycles. The van der Waals surface area contributed by atoms with Crippen LogP contribution in [-0.2, 0) is 13.1 Å². The van der Waals surface area contributed by atoms with Gasteiger partial charge in [0.25, 0.3) is 0 Å². The molecule has 8 heteroatoms. The van der Waals surface area contributed by atoms with Crippen molar-refractivity contribution in [2.75, 3.05) is 6.54 Å². The Balaban J connectivity index is 0.00000338. The molecule has 142 valence electrons. The lowest BCUT2D eigenvalue weighted by Crippen LogP contribution is -2.37. The number of nitrogens with one attached hydrogen (secondary N) is 2. The number of alkyl halides is 2. The van der Waals surface area contributed by atoms with Gasteiger partial charge in [0, 0.05) is 18.7 Å². The van der Waals surface area contributed by atoms with Gasteiger partial charge in [0.1, 0.15) is 11.6 Å². The third-order valence-electron chi connectivity index (χ3n) is 3.29. The fourth-order valence-corrected chi connectivity index (χ4v) is 2.15. The smallest absolute Gasteiger partial charge is 0.387 e. The van der Waals surface area contributed by atoms with Crippen molar-refractivity contribution in [3.8, 4) is 5.75 Å². The summed E-state index contributed by atoms with van der Waals surface area (Å²) in [5.74, 6) is 0.306. The topological polar surface area (TPSA) is 45.7 Å². The lowest BCUT2D eigenvalue weighted by Gasteiger charge is -2.12. The fraction of sp³-hybridized carbons (Fsp3) is 0.278. The van der Waals surface area contributed by atoms with Crippen molar-refractivity contribution in [2.24, 2.45) is 4.99 Å². The molecule has 0 aromatic heterocycles. The van der Waals surface area contributed by atoms with Gasteiger partial charge >= 0.3 is 6.61 Å². The second-order valence-electron chi connectivity index (χ2n) is 5.17. The minimum atomic E-state index is -2.86. The number of ether oxygens (including phenoxy) is 1. The maximum Gasteiger partial charge on any atom is 0.387 e. The Kier molecular flexibility index (Phi) is 9.85. The summed E-state index contributed by atoms with van der Waals surface area (Å²) in [4.78, 5) is 4.38. The molecule has 0 aliphatic heterocycles. The number of aliphatic imine (C=N–C) groups is 1. The van der Waals surface area contributed by atoms with Crippen LogP contribution in [0.4, 0.5) is 13.2 Å². The van der Waals surface area contributed by atoms with Crippen LogP contribution in [0.3, 0.4) is 0 Å². The summed E-state index contributed by atoms with van der Waals surface area (Å²) in [5, 5.41) is 6.10. The lowest BCUT2D eigenvalue weighted by molar-refractivity contribution is -0.0498. The fourth-order valence-electron chi connectivity index (χ4n) is 2.15. The number of hydrogen-bond acceptors (Lipinski definition) is 2. The van der Waals surface area contributed by atoms with E-state index < -0.39 is 6.61 Å². The molecule has 0 amide bonds. The molecule has 2 aromatic rings. The van der Waals surface area contributed by atoms with E-state index in [2.05, 4.69) is 20.4 Å². The number of benzene rings is 2. The monoisotopic (exact) mass is 479 g/mol. The number of halogens is 4. The number of guanidine groups is 1. The third-order valence-corrected chi connectivity index (χ3v) is 3.29. The molecule has 0 fully saturated rings. The summed E-state index contributed by atoms with van der Waals surface area (Å²) in [6, 6.07) is 12.8. The van der Waals surface area contributed by atoms with Gasteiger partial charge in [-0.05, 0) is 30.7 Å². The molecule has 2 aromatic carbocycles. The first-order chi connectivity index (χ1) is 12.1. The average Bonchev–Trinajstić information content (AvgIpc) is 2.58. The summed E-state index contributed by atoms with van der Waals surface area (Å²) in [6.07, 6.45) is 0. The first-order valence-corrected chi connectivity index (χ1v) is 7.88. The molecule has 2 N–H and O–H groups in total. The van der Waals surface area contributed by atoms with Crippen LogP contribution in [0, 0.1) is 5.82 Å². The van der Waals surface area contributed by atoms with Crippen LogP contribution in [-0.4, -0.2) is 19.1 Å². The predicted molar refractivity (Wildman–Crippen MR) is 107 cm³/mol. The van der Waals surface area contributed by atoms with E-state index >= 15 is 0 Å². The van der Waals surface area contributed by atoms with E-state index in [9.17, 15) is 13.2 Å². The van der Waals surface area contributed by atoms with Gasteiger partial charge < -0.3 is 15.4 Å². The molecule has 0 unspecified atom stereocenters. The number of nitrogens with zero attached hydrogens (tertiary/aromatic N) is 1. The average molecular weight is 479 g/mol. The Labute approximate surface area is 167 Å². The van der Waals surface area contributed by atoms with Crippen LogP contribution in [0.25, 0.3) is 0 Å². The third kappa shape index (κ3) is 7.51. The van der Waals surface area contributed by atoms with Gasteiger partial charge in [0.15, 0.2) is 5.96 Å². The van der Waals surface area contributed by atoms with Crippen LogP contribution < -0.4 is 15.4 Å². The van der Waals surface area contributed by atoms with Crippen LogP contribution in [0.15, 0.2) is 53.5 Å².